The van der Waals surface area contributed by atoms with Crippen LogP contribution in [0.3, 0.4) is 0 Å². The SMILES string of the molecule is Cc1cccn2cc(CNC(=O)CC3CCCN3)nc12.Cl.Cl. The second-order valence-corrected chi connectivity index (χ2v) is 5.43. The molecule has 0 spiro atoms. The summed E-state index contributed by atoms with van der Waals surface area (Å²) in [5.74, 6) is 0.0955. The molecule has 1 aliphatic heterocycles. The number of halogens is 2. The number of hydrogen-bond acceptors (Lipinski definition) is 3. The van der Waals surface area contributed by atoms with Crippen LogP contribution < -0.4 is 10.6 Å². The maximum atomic E-state index is 11.9. The van der Waals surface area contributed by atoms with Gasteiger partial charge in [-0.05, 0) is 37.9 Å². The molecule has 1 saturated heterocycles. The highest BCUT2D eigenvalue weighted by Crippen LogP contribution is 2.11. The molecule has 7 heteroatoms. The third-order valence-corrected chi connectivity index (χ3v) is 3.79. The van der Waals surface area contributed by atoms with E-state index >= 15 is 0 Å². The average Bonchev–Trinajstić information content (AvgIpc) is 3.06. The van der Waals surface area contributed by atoms with Crippen molar-refractivity contribution in [1.29, 1.82) is 0 Å². The number of nitrogens with one attached hydrogen (secondary N) is 2. The fraction of sp³-hybridized carbons (Fsp3) is 0.467. The Morgan fingerprint density at radius 3 is 3.00 bits per heavy atom. The van der Waals surface area contributed by atoms with Crippen molar-refractivity contribution in [1.82, 2.24) is 20.0 Å². The van der Waals surface area contributed by atoms with E-state index in [0.29, 0.717) is 19.0 Å². The van der Waals surface area contributed by atoms with Gasteiger partial charge in [-0.15, -0.1) is 24.8 Å². The molecule has 1 fully saturated rings. The number of pyridine rings is 1. The van der Waals surface area contributed by atoms with Crippen LogP contribution in [0.15, 0.2) is 24.5 Å². The van der Waals surface area contributed by atoms with E-state index in [1.807, 2.05) is 35.9 Å². The molecule has 1 amide bonds. The van der Waals surface area contributed by atoms with Crippen LogP contribution in [0.2, 0.25) is 0 Å². The minimum Gasteiger partial charge on any atom is -0.350 e. The molecular weight excluding hydrogens is 323 g/mol. The Morgan fingerprint density at radius 1 is 1.50 bits per heavy atom. The highest BCUT2D eigenvalue weighted by atomic mass is 35.5. The molecule has 2 aromatic heterocycles. The topological polar surface area (TPSA) is 58.4 Å². The van der Waals surface area contributed by atoms with Crippen LogP contribution in [0.5, 0.6) is 0 Å². The van der Waals surface area contributed by atoms with Gasteiger partial charge in [0.2, 0.25) is 5.91 Å². The zero-order valence-electron chi connectivity index (χ0n) is 12.5. The van der Waals surface area contributed by atoms with Gasteiger partial charge in [0.1, 0.15) is 5.65 Å². The van der Waals surface area contributed by atoms with E-state index in [-0.39, 0.29) is 30.7 Å². The van der Waals surface area contributed by atoms with Gasteiger partial charge in [-0.2, -0.15) is 0 Å². The van der Waals surface area contributed by atoms with Gasteiger partial charge in [0, 0.05) is 24.9 Å². The standard InChI is InChI=1S/C15H20N4O.2ClH/c1-11-4-3-7-19-10-13(18-15(11)19)9-17-14(20)8-12-5-2-6-16-12;;/h3-4,7,10,12,16H,2,5-6,8-9H2,1H3,(H,17,20);2*1H. The number of nitrogens with zero attached hydrogens (tertiary/aromatic N) is 2. The summed E-state index contributed by atoms with van der Waals surface area (Å²) >= 11 is 0. The van der Waals surface area contributed by atoms with Crippen molar-refractivity contribution in [2.45, 2.75) is 38.8 Å². The molecule has 0 aliphatic carbocycles. The Labute approximate surface area is 142 Å². The number of hydrogen-bond donors (Lipinski definition) is 2. The fourth-order valence-electron chi connectivity index (χ4n) is 2.71. The third kappa shape index (κ3) is 4.35. The second-order valence-electron chi connectivity index (χ2n) is 5.43. The van der Waals surface area contributed by atoms with Gasteiger partial charge in [-0.1, -0.05) is 6.07 Å². The first-order valence-corrected chi connectivity index (χ1v) is 7.15. The first-order valence-electron chi connectivity index (χ1n) is 7.15. The average molecular weight is 345 g/mol. The predicted octanol–water partition coefficient (Wildman–Crippen LogP) is 2.24. The summed E-state index contributed by atoms with van der Waals surface area (Å²) < 4.78 is 2.00. The van der Waals surface area contributed by atoms with Crippen LogP contribution in [0, 0.1) is 6.92 Å². The molecule has 1 atom stereocenters. The number of aromatic nitrogens is 2. The Hall–Kier alpha value is -1.30. The van der Waals surface area contributed by atoms with Gasteiger partial charge in [0.15, 0.2) is 0 Å². The van der Waals surface area contributed by atoms with Crippen LogP contribution in [0.25, 0.3) is 5.65 Å². The van der Waals surface area contributed by atoms with Gasteiger partial charge in [0.25, 0.3) is 0 Å². The Morgan fingerprint density at radius 2 is 2.32 bits per heavy atom. The molecule has 0 radical (unpaired) electrons. The van der Waals surface area contributed by atoms with Crippen LogP contribution in [-0.2, 0) is 11.3 Å². The highest BCUT2D eigenvalue weighted by Gasteiger charge is 2.17. The van der Waals surface area contributed by atoms with Crippen LogP contribution in [-0.4, -0.2) is 27.9 Å². The molecule has 122 valence electrons. The van der Waals surface area contributed by atoms with E-state index in [2.05, 4.69) is 15.6 Å². The molecular formula is C15H22Cl2N4O. The summed E-state index contributed by atoms with van der Waals surface area (Å²) in [5, 5.41) is 6.29. The Balaban J connectivity index is 0.00000121. The van der Waals surface area contributed by atoms with Crippen LogP contribution in [0.4, 0.5) is 0 Å². The second kappa shape index (κ2) is 8.36. The summed E-state index contributed by atoms with van der Waals surface area (Å²) in [4.78, 5) is 16.4. The summed E-state index contributed by atoms with van der Waals surface area (Å²) in [6, 6.07) is 4.38. The van der Waals surface area contributed by atoms with Crippen molar-refractivity contribution in [2.24, 2.45) is 0 Å². The lowest BCUT2D eigenvalue weighted by atomic mass is 10.1. The number of aryl methyl sites for hydroxylation is 1. The third-order valence-electron chi connectivity index (χ3n) is 3.79. The van der Waals surface area contributed by atoms with Crippen molar-refractivity contribution in [3.63, 3.8) is 0 Å². The zero-order chi connectivity index (χ0) is 13.9. The van der Waals surface area contributed by atoms with E-state index < -0.39 is 0 Å². The molecule has 0 aromatic carbocycles. The number of imidazole rings is 1. The van der Waals surface area contributed by atoms with E-state index in [4.69, 9.17) is 0 Å². The maximum Gasteiger partial charge on any atom is 0.221 e. The molecule has 0 saturated carbocycles. The first-order chi connectivity index (χ1) is 9.72. The molecule has 3 rings (SSSR count). The van der Waals surface area contributed by atoms with Gasteiger partial charge in [-0.25, -0.2) is 4.98 Å². The molecule has 0 bridgehead atoms. The van der Waals surface area contributed by atoms with Crippen molar-refractivity contribution in [3.8, 4) is 0 Å². The van der Waals surface area contributed by atoms with Crippen molar-refractivity contribution in [2.75, 3.05) is 6.54 Å². The molecule has 1 aliphatic rings. The summed E-state index contributed by atoms with van der Waals surface area (Å²) in [5.41, 5.74) is 2.99. The van der Waals surface area contributed by atoms with Crippen LogP contribution >= 0.6 is 24.8 Å². The number of rotatable bonds is 4. The van der Waals surface area contributed by atoms with Gasteiger partial charge < -0.3 is 15.0 Å². The molecule has 5 nitrogen and oxygen atoms in total. The van der Waals surface area contributed by atoms with Crippen molar-refractivity contribution in [3.05, 3.63) is 35.8 Å². The minimum atomic E-state index is 0. The molecule has 1 unspecified atom stereocenters. The number of carbonyl (C=O) groups excluding carboxylic acids is 1. The normalized spacial score (nSPS) is 16.9. The quantitative estimate of drug-likeness (QED) is 0.894. The summed E-state index contributed by atoms with van der Waals surface area (Å²) in [7, 11) is 0. The molecule has 22 heavy (non-hydrogen) atoms. The molecule has 3 heterocycles. The monoisotopic (exact) mass is 344 g/mol. The number of carbonyl (C=O) groups is 1. The largest absolute Gasteiger partial charge is 0.350 e. The lowest BCUT2D eigenvalue weighted by Crippen LogP contribution is -2.31. The van der Waals surface area contributed by atoms with E-state index in [9.17, 15) is 4.79 Å². The number of amides is 1. The van der Waals surface area contributed by atoms with Crippen LogP contribution in [0.1, 0.15) is 30.5 Å². The van der Waals surface area contributed by atoms with Gasteiger partial charge >= 0.3 is 0 Å². The smallest absolute Gasteiger partial charge is 0.221 e. The van der Waals surface area contributed by atoms with E-state index in [1.54, 1.807) is 0 Å². The molecule has 2 aromatic rings. The first kappa shape index (κ1) is 18.7. The Kier molecular flexibility index (Phi) is 7.13. The lowest BCUT2D eigenvalue weighted by molar-refractivity contribution is -0.121. The van der Waals surface area contributed by atoms with Crippen molar-refractivity contribution < 1.29 is 4.79 Å². The Bertz CT molecular complexity index is 623. The van der Waals surface area contributed by atoms with Gasteiger partial charge in [-0.3, -0.25) is 4.79 Å². The summed E-state index contributed by atoms with van der Waals surface area (Å²) in [6.07, 6.45) is 6.77. The highest BCUT2D eigenvalue weighted by molar-refractivity contribution is 5.85. The maximum absolute atomic E-state index is 11.9. The number of fused-ring (bicyclic) bond motifs is 1. The fourth-order valence-corrected chi connectivity index (χ4v) is 2.71. The minimum absolute atomic E-state index is 0. The molecule has 2 N–H and O–H groups in total. The van der Waals surface area contributed by atoms with E-state index in [0.717, 1.165) is 29.9 Å². The lowest BCUT2D eigenvalue weighted by Gasteiger charge is -2.09. The summed E-state index contributed by atoms with van der Waals surface area (Å²) in [6.45, 7) is 3.56. The predicted molar refractivity (Wildman–Crippen MR) is 91.9 cm³/mol. The van der Waals surface area contributed by atoms with Gasteiger partial charge in [0.05, 0.1) is 12.2 Å². The van der Waals surface area contributed by atoms with Crippen molar-refractivity contribution >= 4 is 36.4 Å². The zero-order valence-corrected chi connectivity index (χ0v) is 14.2. The van der Waals surface area contributed by atoms with E-state index in [1.165, 1.54) is 6.42 Å².